The van der Waals surface area contributed by atoms with Crippen LogP contribution in [-0.4, -0.2) is 26.6 Å². The van der Waals surface area contributed by atoms with Crippen LogP contribution in [0.2, 0.25) is 0 Å². The molecule has 2 aromatic heterocycles. The number of carbonyl (C=O) groups excluding carboxylic acids is 1. The Morgan fingerprint density at radius 3 is 2.67 bits per heavy atom. The number of nitrogens with one attached hydrogen (secondary N) is 1. The van der Waals surface area contributed by atoms with E-state index in [4.69, 9.17) is 4.74 Å². The first kappa shape index (κ1) is 16.2. The lowest BCUT2D eigenvalue weighted by Gasteiger charge is -2.21. The van der Waals surface area contributed by atoms with E-state index in [1.165, 1.54) is 0 Å². The number of ether oxygens (including phenoxy) is 1. The number of H-pyrrole nitrogens is 1. The summed E-state index contributed by atoms with van der Waals surface area (Å²) < 4.78 is 5.28. The number of benzene rings is 1. The summed E-state index contributed by atoms with van der Waals surface area (Å²) in [5.74, 6) is -0.634. The number of fused-ring (bicyclic) bond motifs is 3. The van der Waals surface area contributed by atoms with E-state index in [-0.39, 0.29) is 5.57 Å². The lowest BCUT2D eigenvalue weighted by Crippen LogP contribution is -2.26. The zero-order valence-electron chi connectivity index (χ0n) is 14.0. The molecule has 0 saturated carbocycles. The van der Waals surface area contributed by atoms with Gasteiger partial charge in [0.1, 0.15) is 11.7 Å². The Morgan fingerprint density at radius 2 is 1.96 bits per heavy atom. The van der Waals surface area contributed by atoms with Gasteiger partial charge in [-0.1, -0.05) is 24.8 Å². The number of para-hydroxylation sites is 1. The normalized spacial score (nSPS) is 13.2. The smallest absolute Gasteiger partial charge is 0.336 e. The van der Waals surface area contributed by atoms with Gasteiger partial charge >= 0.3 is 5.97 Å². The molecule has 1 atom stereocenters. The van der Waals surface area contributed by atoms with Crippen LogP contribution in [-0.2, 0) is 9.53 Å². The SMILES string of the molecule is C=C(C(=O)OC(C)(C)C)C(O)c1nccc2c1[nH]c1ccccc12. The first-order valence-corrected chi connectivity index (χ1v) is 7.73. The number of hydrogen-bond acceptors (Lipinski definition) is 4. The van der Waals surface area contributed by atoms with Crippen molar-refractivity contribution in [1.29, 1.82) is 0 Å². The van der Waals surface area contributed by atoms with Gasteiger partial charge in [-0.3, -0.25) is 4.98 Å². The van der Waals surface area contributed by atoms with Crippen molar-refractivity contribution in [3.8, 4) is 0 Å². The highest BCUT2D eigenvalue weighted by atomic mass is 16.6. The minimum Gasteiger partial charge on any atom is -0.457 e. The topological polar surface area (TPSA) is 75.2 Å². The second-order valence-corrected chi connectivity index (χ2v) is 6.72. The standard InChI is InChI=1S/C19H20N2O3/c1-11(18(23)24-19(2,3)4)17(22)16-15-13(9-10-20-16)12-7-5-6-8-14(12)21-15/h5-10,17,21-22H,1H2,2-4H3. The van der Waals surface area contributed by atoms with Crippen LogP contribution < -0.4 is 0 Å². The van der Waals surface area contributed by atoms with E-state index in [9.17, 15) is 9.90 Å². The molecule has 0 aliphatic carbocycles. The summed E-state index contributed by atoms with van der Waals surface area (Å²) in [5.41, 5.74) is 1.30. The number of nitrogens with zero attached hydrogens (tertiary/aromatic N) is 1. The summed E-state index contributed by atoms with van der Waals surface area (Å²) in [7, 11) is 0. The van der Waals surface area contributed by atoms with E-state index >= 15 is 0 Å². The maximum atomic E-state index is 12.2. The maximum absolute atomic E-state index is 12.2. The molecular weight excluding hydrogens is 304 g/mol. The molecule has 2 heterocycles. The Bertz CT molecular complexity index is 935. The molecule has 124 valence electrons. The van der Waals surface area contributed by atoms with Crippen LogP contribution in [0.1, 0.15) is 32.6 Å². The third-order valence-corrected chi connectivity index (χ3v) is 3.71. The van der Waals surface area contributed by atoms with E-state index in [0.29, 0.717) is 11.2 Å². The molecule has 1 unspecified atom stereocenters. The Kier molecular flexibility index (Phi) is 3.89. The molecule has 1 aromatic carbocycles. The van der Waals surface area contributed by atoms with Crippen molar-refractivity contribution >= 4 is 27.8 Å². The van der Waals surface area contributed by atoms with Crippen LogP contribution in [0.4, 0.5) is 0 Å². The Hall–Kier alpha value is -2.66. The monoisotopic (exact) mass is 324 g/mol. The number of hydrogen-bond donors (Lipinski definition) is 2. The van der Waals surface area contributed by atoms with Gasteiger partial charge in [0.2, 0.25) is 0 Å². The van der Waals surface area contributed by atoms with Gasteiger partial charge in [-0.25, -0.2) is 4.79 Å². The van der Waals surface area contributed by atoms with Crippen LogP contribution in [0, 0.1) is 0 Å². The lowest BCUT2D eigenvalue weighted by atomic mass is 10.0. The number of aliphatic hydroxyl groups is 1. The van der Waals surface area contributed by atoms with E-state index in [1.54, 1.807) is 27.0 Å². The van der Waals surface area contributed by atoms with Crippen molar-refractivity contribution < 1.29 is 14.6 Å². The Balaban J connectivity index is 2.02. The zero-order valence-corrected chi connectivity index (χ0v) is 14.0. The van der Waals surface area contributed by atoms with Gasteiger partial charge in [0.15, 0.2) is 0 Å². The first-order valence-electron chi connectivity index (χ1n) is 7.73. The van der Waals surface area contributed by atoms with Crippen LogP contribution in [0.25, 0.3) is 21.8 Å². The van der Waals surface area contributed by atoms with Gasteiger partial charge in [0.05, 0.1) is 16.8 Å². The van der Waals surface area contributed by atoms with Crippen LogP contribution >= 0.6 is 0 Å². The summed E-state index contributed by atoms with van der Waals surface area (Å²) in [6, 6.07) is 9.70. The van der Waals surface area contributed by atoms with Crippen molar-refractivity contribution in [2.45, 2.75) is 32.5 Å². The first-order chi connectivity index (χ1) is 11.3. The quantitative estimate of drug-likeness (QED) is 0.569. The Morgan fingerprint density at radius 1 is 1.25 bits per heavy atom. The molecular formula is C19H20N2O3. The zero-order chi connectivity index (χ0) is 17.5. The van der Waals surface area contributed by atoms with E-state index in [2.05, 4.69) is 16.5 Å². The number of pyridine rings is 1. The molecule has 0 aliphatic rings. The molecule has 0 amide bonds. The van der Waals surface area contributed by atoms with Gasteiger partial charge in [-0.2, -0.15) is 0 Å². The third kappa shape index (κ3) is 2.90. The molecule has 0 bridgehead atoms. The minimum atomic E-state index is -1.24. The van der Waals surface area contributed by atoms with Gasteiger partial charge < -0.3 is 14.8 Å². The second kappa shape index (κ2) is 5.76. The van der Waals surface area contributed by atoms with Crippen molar-refractivity contribution in [3.05, 3.63) is 54.4 Å². The molecule has 5 nitrogen and oxygen atoms in total. The number of aliphatic hydroxyl groups excluding tert-OH is 1. The number of carbonyl (C=O) groups is 1. The third-order valence-electron chi connectivity index (χ3n) is 3.71. The van der Waals surface area contributed by atoms with Crippen LogP contribution in [0.5, 0.6) is 0 Å². The summed E-state index contributed by atoms with van der Waals surface area (Å²) >= 11 is 0. The molecule has 24 heavy (non-hydrogen) atoms. The molecule has 3 rings (SSSR count). The van der Waals surface area contributed by atoms with Gasteiger partial charge in [0, 0.05) is 22.5 Å². The average molecular weight is 324 g/mol. The summed E-state index contributed by atoms with van der Waals surface area (Å²) in [6.07, 6.45) is 0.375. The largest absolute Gasteiger partial charge is 0.457 e. The van der Waals surface area contributed by atoms with Crippen LogP contribution in [0.3, 0.4) is 0 Å². The second-order valence-electron chi connectivity index (χ2n) is 6.72. The molecule has 2 N–H and O–H groups in total. The van der Waals surface area contributed by atoms with Crippen molar-refractivity contribution in [2.24, 2.45) is 0 Å². The number of rotatable bonds is 3. The molecule has 3 aromatic rings. The number of aromatic amines is 1. The summed E-state index contributed by atoms with van der Waals surface area (Å²) in [5, 5.41) is 12.6. The van der Waals surface area contributed by atoms with Crippen molar-refractivity contribution in [2.75, 3.05) is 0 Å². The Labute approximate surface area is 140 Å². The van der Waals surface area contributed by atoms with Gasteiger partial charge in [-0.05, 0) is 32.9 Å². The maximum Gasteiger partial charge on any atom is 0.336 e. The fourth-order valence-corrected chi connectivity index (χ4v) is 2.62. The molecule has 5 heteroatoms. The number of esters is 1. The van der Waals surface area contributed by atoms with Crippen LogP contribution in [0.15, 0.2) is 48.7 Å². The predicted molar refractivity (Wildman–Crippen MR) is 93.5 cm³/mol. The fraction of sp³-hybridized carbons (Fsp3) is 0.263. The molecule has 0 spiro atoms. The number of aromatic nitrogens is 2. The lowest BCUT2D eigenvalue weighted by molar-refractivity contribution is -0.151. The van der Waals surface area contributed by atoms with E-state index in [1.807, 2.05) is 30.3 Å². The van der Waals surface area contributed by atoms with Gasteiger partial charge in [0.25, 0.3) is 0 Å². The fourth-order valence-electron chi connectivity index (χ4n) is 2.62. The average Bonchev–Trinajstić information content (AvgIpc) is 2.90. The van der Waals surface area contributed by atoms with Gasteiger partial charge in [-0.15, -0.1) is 0 Å². The highest BCUT2D eigenvalue weighted by Crippen LogP contribution is 2.31. The highest BCUT2D eigenvalue weighted by Gasteiger charge is 2.26. The molecule has 0 aliphatic heterocycles. The summed E-state index contributed by atoms with van der Waals surface area (Å²) in [6.45, 7) is 8.99. The van der Waals surface area contributed by atoms with Crippen molar-refractivity contribution in [1.82, 2.24) is 9.97 Å². The minimum absolute atomic E-state index is 0.0384. The molecule has 0 saturated heterocycles. The molecule has 0 fully saturated rings. The van der Waals surface area contributed by atoms with E-state index < -0.39 is 17.7 Å². The summed E-state index contributed by atoms with van der Waals surface area (Å²) in [4.78, 5) is 19.7. The van der Waals surface area contributed by atoms with Crippen molar-refractivity contribution in [3.63, 3.8) is 0 Å². The van der Waals surface area contributed by atoms with E-state index in [0.717, 1.165) is 16.3 Å². The molecule has 0 radical (unpaired) electrons. The predicted octanol–water partition coefficient (Wildman–Crippen LogP) is 3.65. The highest BCUT2D eigenvalue weighted by molar-refractivity contribution is 6.08.